The van der Waals surface area contributed by atoms with Gasteiger partial charge < -0.3 is 9.47 Å². The van der Waals surface area contributed by atoms with Crippen LogP contribution in [0.5, 0.6) is 11.5 Å². The molecule has 2 aromatic heterocycles. The number of rotatable bonds is 7. The van der Waals surface area contributed by atoms with Gasteiger partial charge in [-0.2, -0.15) is 9.61 Å². The van der Waals surface area contributed by atoms with Crippen LogP contribution in [0.1, 0.15) is 10.8 Å². The summed E-state index contributed by atoms with van der Waals surface area (Å²) in [7, 11) is 1.64. The van der Waals surface area contributed by atoms with E-state index in [9.17, 15) is 0 Å². The quantitative estimate of drug-likeness (QED) is 0.448. The van der Waals surface area contributed by atoms with Crippen LogP contribution in [0.2, 0.25) is 0 Å². The Morgan fingerprint density at radius 1 is 1.04 bits per heavy atom. The standard InChI is InChI=1S/C18H16N4O2S2/c1-23-13-6-5-7-14(10-13)24-11-17-21-22-16(19-20-18(22)26-17)12-25-15-8-3-2-4-9-15/h2-10H,11-12H2,1H3. The van der Waals surface area contributed by atoms with Crippen molar-refractivity contribution in [2.24, 2.45) is 0 Å². The zero-order valence-electron chi connectivity index (χ0n) is 14.0. The van der Waals surface area contributed by atoms with Crippen LogP contribution < -0.4 is 9.47 Å². The Balaban J connectivity index is 1.43. The molecule has 0 fully saturated rings. The van der Waals surface area contributed by atoms with Crippen LogP contribution in [-0.4, -0.2) is 26.9 Å². The van der Waals surface area contributed by atoms with Gasteiger partial charge in [0.15, 0.2) is 10.8 Å². The Bertz CT molecular complexity index is 1000. The number of ether oxygens (including phenoxy) is 2. The van der Waals surface area contributed by atoms with Gasteiger partial charge in [0.05, 0.1) is 12.9 Å². The summed E-state index contributed by atoms with van der Waals surface area (Å²) in [5.41, 5.74) is 0. The second-order valence-electron chi connectivity index (χ2n) is 5.38. The highest BCUT2D eigenvalue weighted by Gasteiger charge is 2.12. The van der Waals surface area contributed by atoms with E-state index in [-0.39, 0.29) is 0 Å². The maximum absolute atomic E-state index is 5.80. The molecule has 0 bridgehead atoms. The van der Waals surface area contributed by atoms with Crippen molar-refractivity contribution < 1.29 is 9.47 Å². The number of fused-ring (bicyclic) bond motifs is 1. The van der Waals surface area contributed by atoms with Gasteiger partial charge in [0.2, 0.25) is 4.96 Å². The largest absolute Gasteiger partial charge is 0.497 e. The zero-order valence-corrected chi connectivity index (χ0v) is 15.7. The van der Waals surface area contributed by atoms with Crippen LogP contribution in [0.4, 0.5) is 0 Å². The van der Waals surface area contributed by atoms with E-state index in [1.54, 1.807) is 23.4 Å². The van der Waals surface area contributed by atoms with Crippen molar-refractivity contribution in [1.82, 2.24) is 19.8 Å². The molecule has 26 heavy (non-hydrogen) atoms. The molecule has 2 aromatic carbocycles. The molecule has 4 aromatic rings. The summed E-state index contributed by atoms with van der Waals surface area (Å²) in [6.45, 7) is 0.381. The molecule has 0 amide bonds. The van der Waals surface area contributed by atoms with Gasteiger partial charge in [0.1, 0.15) is 18.1 Å². The molecule has 0 aliphatic carbocycles. The predicted octanol–water partition coefficient (Wildman–Crippen LogP) is 4.07. The molecule has 0 aliphatic rings. The monoisotopic (exact) mass is 384 g/mol. The first-order valence-electron chi connectivity index (χ1n) is 7.96. The van der Waals surface area contributed by atoms with Crippen molar-refractivity contribution in [3.8, 4) is 11.5 Å². The summed E-state index contributed by atoms with van der Waals surface area (Å²) in [5, 5.41) is 13.9. The van der Waals surface area contributed by atoms with Gasteiger partial charge in [-0.25, -0.2) is 0 Å². The topological polar surface area (TPSA) is 61.5 Å². The maximum Gasteiger partial charge on any atom is 0.234 e. The average Bonchev–Trinajstić information content (AvgIpc) is 3.26. The highest BCUT2D eigenvalue weighted by Crippen LogP contribution is 2.24. The van der Waals surface area contributed by atoms with Crippen LogP contribution >= 0.6 is 23.1 Å². The molecule has 6 nitrogen and oxygen atoms in total. The highest BCUT2D eigenvalue weighted by molar-refractivity contribution is 7.98. The lowest BCUT2D eigenvalue weighted by atomic mass is 10.3. The number of hydrogen-bond donors (Lipinski definition) is 0. The molecule has 8 heteroatoms. The fourth-order valence-electron chi connectivity index (χ4n) is 2.35. The van der Waals surface area contributed by atoms with E-state index >= 15 is 0 Å². The minimum Gasteiger partial charge on any atom is -0.497 e. The summed E-state index contributed by atoms with van der Waals surface area (Å²) >= 11 is 3.19. The summed E-state index contributed by atoms with van der Waals surface area (Å²) in [5.74, 6) is 3.05. The second kappa shape index (κ2) is 7.76. The third-order valence-electron chi connectivity index (χ3n) is 3.61. The highest BCUT2D eigenvalue weighted by atomic mass is 32.2. The van der Waals surface area contributed by atoms with E-state index in [0.29, 0.717) is 12.4 Å². The van der Waals surface area contributed by atoms with Crippen LogP contribution in [0.25, 0.3) is 4.96 Å². The molecule has 0 N–H and O–H groups in total. The van der Waals surface area contributed by atoms with Crippen molar-refractivity contribution in [2.75, 3.05) is 7.11 Å². The minimum atomic E-state index is 0.381. The Kier molecular flexibility index (Phi) is 5.03. The van der Waals surface area contributed by atoms with Crippen LogP contribution in [0, 0.1) is 0 Å². The first kappa shape index (κ1) is 16.9. The first-order chi connectivity index (χ1) is 12.8. The van der Waals surface area contributed by atoms with Crippen molar-refractivity contribution in [2.45, 2.75) is 17.3 Å². The summed E-state index contributed by atoms with van der Waals surface area (Å²) in [6.07, 6.45) is 0. The molecule has 0 radical (unpaired) electrons. The number of nitrogens with zero attached hydrogens (tertiary/aromatic N) is 4. The van der Waals surface area contributed by atoms with Crippen molar-refractivity contribution >= 4 is 28.1 Å². The lowest BCUT2D eigenvalue weighted by Gasteiger charge is -2.05. The van der Waals surface area contributed by atoms with E-state index < -0.39 is 0 Å². The smallest absolute Gasteiger partial charge is 0.234 e. The lowest BCUT2D eigenvalue weighted by Crippen LogP contribution is -1.99. The van der Waals surface area contributed by atoms with Crippen LogP contribution in [0.15, 0.2) is 59.5 Å². The predicted molar refractivity (Wildman–Crippen MR) is 102 cm³/mol. The molecule has 2 heterocycles. The van der Waals surface area contributed by atoms with E-state index in [1.807, 2.05) is 42.5 Å². The Hall–Kier alpha value is -2.58. The molecule has 0 saturated heterocycles. The van der Waals surface area contributed by atoms with Gasteiger partial charge in [-0.1, -0.05) is 35.6 Å². The second-order valence-corrected chi connectivity index (χ2v) is 7.47. The Morgan fingerprint density at radius 3 is 2.73 bits per heavy atom. The molecule has 0 atom stereocenters. The van der Waals surface area contributed by atoms with Gasteiger partial charge in [-0.3, -0.25) is 0 Å². The van der Waals surface area contributed by atoms with Gasteiger partial charge in [-0.05, 0) is 24.3 Å². The fraction of sp³-hybridized carbons (Fsp3) is 0.167. The SMILES string of the molecule is COc1cccc(OCc2nn3c(CSc4ccccc4)nnc3s2)c1. The maximum atomic E-state index is 5.80. The molecule has 0 aliphatic heterocycles. The normalized spacial score (nSPS) is 11.0. The first-order valence-corrected chi connectivity index (χ1v) is 9.77. The molecular formula is C18H16N4O2S2. The van der Waals surface area contributed by atoms with Crippen LogP contribution in [-0.2, 0) is 12.4 Å². The number of methoxy groups -OCH3 is 1. The van der Waals surface area contributed by atoms with Crippen LogP contribution in [0.3, 0.4) is 0 Å². The fourth-order valence-corrected chi connectivity index (χ4v) is 3.94. The molecule has 132 valence electrons. The summed E-state index contributed by atoms with van der Waals surface area (Å²) in [6, 6.07) is 17.7. The van der Waals surface area contributed by atoms with E-state index in [1.165, 1.54) is 16.2 Å². The summed E-state index contributed by atoms with van der Waals surface area (Å²) < 4.78 is 12.8. The van der Waals surface area contributed by atoms with Crippen molar-refractivity contribution in [1.29, 1.82) is 0 Å². The zero-order chi connectivity index (χ0) is 17.8. The van der Waals surface area contributed by atoms with E-state index in [0.717, 1.165) is 27.3 Å². The lowest BCUT2D eigenvalue weighted by molar-refractivity contribution is 0.301. The molecule has 0 unspecified atom stereocenters. The number of hydrogen-bond acceptors (Lipinski definition) is 7. The molecular weight excluding hydrogens is 368 g/mol. The number of benzene rings is 2. The van der Waals surface area contributed by atoms with Gasteiger partial charge in [-0.15, -0.1) is 22.0 Å². The van der Waals surface area contributed by atoms with Gasteiger partial charge in [0, 0.05) is 11.0 Å². The van der Waals surface area contributed by atoms with E-state index in [2.05, 4.69) is 27.4 Å². The summed E-state index contributed by atoms with van der Waals surface area (Å²) in [4.78, 5) is 1.97. The van der Waals surface area contributed by atoms with Crippen molar-refractivity contribution in [3.63, 3.8) is 0 Å². The van der Waals surface area contributed by atoms with Gasteiger partial charge in [0.25, 0.3) is 0 Å². The Labute approximate surface area is 158 Å². The van der Waals surface area contributed by atoms with E-state index in [4.69, 9.17) is 9.47 Å². The third-order valence-corrected chi connectivity index (χ3v) is 5.49. The Morgan fingerprint density at radius 2 is 1.88 bits per heavy atom. The minimum absolute atomic E-state index is 0.381. The molecule has 4 rings (SSSR count). The average molecular weight is 384 g/mol. The number of thioether (sulfide) groups is 1. The third kappa shape index (κ3) is 3.81. The number of aromatic nitrogens is 4. The molecule has 0 spiro atoms. The van der Waals surface area contributed by atoms with Crippen molar-refractivity contribution in [3.05, 3.63) is 65.4 Å². The van der Waals surface area contributed by atoms with Gasteiger partial charge >= 0.3 is 0 Å². The molecule has 0 saturated carbocycles.